The van der Waals surface area contributed by atoms with Crippen LogP contribution < -0.4 is 0 Å². The average molecular weight is 150 g/mol. The Balaban J connectivity index is 2.72. The quantitative estimate of drug-likeness (QED) is 0.561. The summed E-state index contributed by atoms with van der Waals surface area (Å²) < 4.78 is 0. The molecule has 1 aliphatic rings. The lowest BCUT2D eigenvalue weighted by atomic mass is 10.0. The lowest BCUT2D eigenvalue weighted by molar-refractivity contribution is -0.114. The molecule has 60 valence electrons. The van der Waals surface area contributed by atoms with Crippen LogP contribution in [0.4, 0.5) is 0 Å². The first kappa shape index (κ1) is 8.25. The number of hydrogen-bond acceptors (Lipinski definition) is 1. The normalized spacial score (nSPS) is 18.5. The van der Waals surface area contributed by atoms with Gasteiger partial charge in [-0.2, -0.15) is 0 Å². The maximum Gasteiger partial charge on any atom is 0.156 e. The van der Waals surface area contributed by atoms with E-state index in [0.717, 1.165) is 6.42 Å². The molecule has 0 radical (unpaired) electrons. The molecule has 1 nitrogen and oxygen atoms in total. The van der Waals surface area contributed by atoms with Gasteiger partial charge in [-0.15, -0.1) is 0 Å². The van der Waals surface area contributed by atoms with Crippen molar-refractivity contribution in [2.45, 2.75) is 26.7 Å². The average Bonchev–Trinajstić information content (AvgIpc) is 2.13. The Kier molecular flexibility index (Phi) is 2.64. The van der Waals surface area contributed by atoms with Crippen molar-refractivity contribution < 1.29 is 4.79 Å². The highest BCUT2D eigenvalue weighted by Gasteiger charge is 2.04. The number of ketones is 1. The van der Waals surface area contributed by atoms with Gasteiger partial charge in [0.1, 0.15) is 0 Å². The molecule has 1 rings (SSSR count). The van der Waals surface area contributed by atoms with Crippen LogP contribution in [-0.2, 0) is 4.79 Å². The molecule has 0 N–H and O–H groups in total. The van der Waals surface area contributed by atoms with Crippen LogP contribution in [0.15, 0.2) is 23.8 Å². The molecular weight excluding hydrogens is 136 g/mol. The zero-order valence-electron chi connectivity index (χ0n) is 7.13. The predicted octanol–water partition coefficient (Wildman–Crippen LogP) is 2.49. The topological polar surface area (TPSA) is 17.1 Å². The second-order valence-corrected chi connectivity index (χ2v) is 3.20. The van der Waals surface area contributed by atoms with Crippen molar-refractivity contribution in [3.8, 4) is 0 Å². The highest BCUT2D eigenvalue weighted by Crippen LogP contribution is 2.15. The number of allylic oxidation sites excluding steroid dienone is 4. The first-order chi connectivity index (χ1) is 5.20. The molecule has 0 heterocycles. The Morgan fingerprint density at radius 1 is 1.36 bits per heavy atom. The summed E-state index contributed by atoms with van der Waals surface area (Å²) in [6, 6.07) is 0. The maximum atomic E-state index is 10.9. The summed E-state index contributed by atoms with van der Waals surface area (Å²) in [5.41, 5.74) is 1.29. The molecule has 0 aliphatic heterocycles. The van der Waals surface area contributed by atoms with E-state index in [4.69, 9.17) is 0 Å². The fraction of sp³-hybridized carbons (Fsp3) is 0.500. The lowest BCUT2D eigenvalue weighted by Gasteiger charge is -2.03. The van der Waals surface area contributed by atoms with Crippen molar-refractivity contribution in [1.29, 1.82) is 0 Å². The summed E-state index contributed by atoms with van der Waals surface area (Å²) in [6.07, 6.45) is 7.37. The van der Waals surface area contributed by atoms with Crippen molar-refractivity contribution in [1.82, 2.24) is 0 Å². The third-order valence-electron chi connectivity index (χ3n) is 1.90. The molecule has 0 unspecified atom stereocenters. The minimum Gasteiger partial charge on any atom is -0.295 e. The Hall–Kier alpha value is -0.850. The standard InChI is InChI=1S/C10H14O/c1-8(2)9-4-3-5-10(11)7-6-9/h4,6-8H,3,5H2,1-2H3. The van der Waals surface area contributed by atoms with Gasteiger partial charge in [-0.05, 0) is 24.0 Å². The van der Waals surface area contributed by atoms with Crippen LogP contribution in [0.1, 0.15) is 26.7 Å². The van der Waals surface area contributed by atoms with Gasteiger partial charge < -0.3 is 0 Å². The van der Waals surface area contributed by atoms with Gasteiger partial charge in [0.15, 0.2) is 5.78 Å². The van der Waals surface area contributed by atoms with E-state index in [2.05, 4.69) is 19.9 Å². The van der Waals surface area contributed by atoms with Gasteiger partial charge in [-0.3, -0.25) is 4.79 Å². The van der Waals surface area contributed by atoms with Crippen molar-refractivity contribution in [2.24, 2.45) is 5.92 Å². The third-order valence-corrected chi connectivity index (χ3v) is 1.90. The molecule has 0 saturated carbocycles. The molecule has 0 aromatic heterocycles. The van der Waals surface area contributed by atoms with Crippen molar-refractivity contribution >= 4 is 5.78 Å². The summed E-state index contributed by atoms with van der Waals surface area (Å²) in [7, 11) is 0. The molecule has 11 heavy (non-hydrogen) atoms. The van der Waals surface area contributed by atoms with E-state index in [1.807, 2.05) is 6.08 Å². The number of carbonyl (C=O) groups excluding carboxylic acids is 1. The molecule has 0 bridgehead atoms. The van der Waals surface area contributed by atoms with Crippen molar-refractivity contribution in [2.75, 3.05) is 0 Å². The molecule has 0 aromatic rings. The zero-order valence-corrected chi connectivity index (χ0v) is 7.13. The summed E-state index contributed by atoms with van der Waals surface area (Å²) in [5.74, 6) is 0.786. The van der Waals surface area contributed by atoms with Gasteiger partial charge >= 0.3 is 0 Å². The molecule has 1 heteroatoms. The van der Waals surface area contributed by atoms with Crippen LogP contribution in [0.5, 0.6) is 0 Å². The Bertz CT molecular complexity index is 209. The molecule has 0 spiro atoms. The van der Waals surface area contributed by atoms with Gasteiger partial charge in [-0.1, -0.05) is 26.0 Å². The molecule has 0 amide bonds. The largest absolute Gasteiger partial charge is 0.295 e. The summed E-state index contributed by atoms with van der Waals surface area (Å²) in [5, 5.41) is 0. The minimum atomic E-state index is 0.247. The first-order valence-corrected chi connectivity index (χ1v) is 4.11. The number of hydrogen-bond donors (Lipinski definition) is 0. The van der Waals surface area contributed by atoms with Crippen LogP contribution in [0.2, 0.25) is 0 Å². The van der Waals surface area contributed by atoms with E-state index in [-0.39, 0.29) is 5.78 Å². The van der Waals surface area contributed by atoms with E-state index >= 15 is 0 Å². The summed E-state index contributed by atoms with van der Waals surface area (Å²) in [4.78, 5) is 10.9. The SMILES string of the molecule is CC(C)C1=CCCC(=O)C=C1. The van der Waals surface area contributed by atoms with E-state index in [1.165, 1.54) is 5.57 Å². The van der Waals surface area contributed by atoms with E-state index in [9.17, 15) is 4.79 Å². The third kappa shape index (κ3) is 2.34. The Morgan fingerprint density at radius 3 is 2.73 bits per heavy atom. The second-order valence-electron chi connectivity index (χ2n) is 3.20. The Labute approximate surface area is 67.8 Å². The summed E-state index contributed by atoms with van der Waals surface area (Å²) >= 11 is 0. The Morgan fingerprint density at radius 2 is 2.09 bits per heavy atom. The predicted molar refractivity (Wildman–Crippen MR) is 46.3 cm³/mol. The fourth-order valence-corrected chi connectivity index (χ4v) is 1.15. The highest BCUT2D eigenvalue weighted by atomic mass is 16.1. The van der Waals surface area contributed by atoms with Crippen molar-refractivity contribution in [3.63, 3.8) is 0 Å². The summed E-state index contributed by atoms with van der Waals surface area (Å²) in [6.45, 7) is 4.29. The van der Waals surface area contributed by atoms with E-state index in [1.54, 1.807) is 6.08 Å². The van der Waals surface area contributed by atoms with Crippen LogP contribution in [0, 0.1) is 5.92 Å². The van der Waals surface area contributed by atoms with Gasteiger partial charge in [0.2, 0.25) is 0 Å². The number of carbonyl (C=O) groups is 1. The van der Waals surface area contributed by atoms with E-state index < -0.39 is 0 Å². The highest BCUT2D eigenvalue weighted by molar-refractivity contribution is 5.90. The molecule has 0 atom stereocenters. The molecule has 0 aromatic carbocycles. The van der Waals surface area contributed by atoms with Crippen molar-refractivity contribution in [3.05, 3.63) is 23.8 Å². The minimum absolute atomic E-state index is 0.247. The van der Waals surface area contributed by atoms with Crippen LogP contribution >= 0.6 is 0 Å². The second kappa shape index (κ2) is 3.51. The van der Waals surface area contributed by atoms with E-state index in [0.29, 0.717) is 12.3 Å². The first-order valence-electron chi connectivity index (χ1n) is 4.11. The van der Waals surface area contributed by atoms with Gasteiger partial charge in [-0.25, -0.2) is 0 Å². The smallest absolute Gasteiger partial charge is 0.156 e. The fourth-order valence-electron chi connectivity index (χ4n) is 1.15. The lowest BCUT2D eigenvalue weighted by Crippen LogP contribution is -1.89. The molecule has 0 saturated heterocycles. The maximum absolute atomic E-state index is 10.9. The molecule has 0 fully saturated rings. The monoisotopic (exact) mass is 150 g/mol. The van der Waals surface area contributed by atoms with Gasteiger partial charge in [0.25, 0.3) is 0 Å². The van der Waals surface area contributed by atoms with Gasteiger partial charge in [0, 0.05) is 6.42 Å². The number of rotatable bonds is 1. The van der Waals surface area contributed by atoms with Crippen LogP contribution in [0.3, 0.4) is 0 Å². The zero-order chi connectivity index (χ0) is 8.27. The van der Waals surface area contributed by atoms with Crippen LogP contribution in [0.25, 0.3) is 0 Å². The molecular formula is C10H14O. The molecule has 1 aliphatic carbocycles. The van der Waals surface area contributed by atoms with Crippen LogP contribution in [-0.4, -0.2) is 5.78 Å². The van der Waals surface area contributed by atoms with Gasteiger partial charge in [0.05, 0.1) is 0 Å².